The lowest BCUT2D eigenvalue weighted by atomic mass is 10.2. The van der Waals surface area contributed by atoms with Crippen molar-refractivity contribution in [2.75, 3.05) is 25.1 Å². The van der Waals surface area contributed by atoms with Gasteiger partial charge in [-0.3, -0.25) is 0 Å². The lowest BCUT2D eigenvalue weighted by Crippen LogP contribution is -2.23. The van der Waals surface area contributed by atoms with Crippen LogP contribution in [0.15, 0.2) is 18.2 Å². The first-order valence-electron chi connectivity index (χ1n) is 5.36. The van der Waals surface area contributed by atoms with Crippen molar-refractivity contribution < 1.29 is 4.74 Å². The summed E-state index contributed by atoms with van der Waals surface area (Å²) < 4.78 is 5.36. The smallest absolute Gasteiger partial charge is 0.0762 e. The minimum Gasteiger partial charge on any atom is -0.380 e. The van der Waals surface area contributed by atoms with E-state index < -0.39 is 0 Å². The summed E-state index contributed by atoms with van der Waals surface area (Å²) >= 11 is 11.9. The zero-order valence-corrected chi connectivity index (χ0v) is 10.8. The molecule has 1 aliphatic rings. The van der Waals surface area contributed by atoms with Gasteiger partial charge in [0.2, 0.25) is 0 Å². The molecule has 0 aliphatic carbocycles. The molecule has 1 aliphatic heterocycles. The predicted octanol–water partition coefficient (Wildman–Crippen LogP) is 3.30. The van der Waals surface area contributed by atoms with Crippen molar-refractivity contribution in [3.63, 3.8) is 0 Å². The number of benzene rings is 1. The van der Waals surface area contributed by atoms with Gasteiger partial charge < -0.3 is 9.64 Å². The largest absolute Gasteiger partial charge is 0.380 e. The van der Waals surface area contributed by atoms with E-state index in [1.54, 1.807) is 7.11 Å². The minimum atomic E-state index is 0.332. The monoisotopic (exact) mass is 259 g/mol. The fraction of sp³-hybridized carbons (Fsp3) is 0.500. The van der Waals surface area contributed by atoms with Gasteiger partial charge in [-0.05, 0) is 30.2 Å². The van der Waals surface area contributed by atoms with E-state index in [0.29, 0.717) is 12.0 Å². The highest BCUT2D eigenvalue weighted by atomic mass is 35.5. The van der Waals surface area contributed by atoms with Gasteiger partial charge in [0.05, 0.1) is 6.10 Å². The summed E-state index contributed by atoms with van der Waals surface area (Å²) in [6.07, 6.45) is 1.40. The van der Waals surface area contributed by atoms with Crippen molar-refractivity contribution in [1.29, 1.82) is 0 Å². The van der Waals surface area contributed by atoms with Gasteiger partial charge in [0.1, 0.15) is 0 Å². The van der Waals surface area contributed by atoms with Gasteiger partial charge >= 0.3 is 0 Å². The van der Waals surface area contributed by atoms with Crippen LogP contribution >= 0.6 is 23.2 Å². The third-order valence-electron chi connectivity index (χ3n) is 3.00. The molecule has 0 radical (unpaired) electrons. The molecule has 0 bridgehead atoms. The van der Waals surface area contributed by atoms with Crippen molar-refractivity contribution in [3.8, 4) is 0 Å². The van der Waals surface area contributed by atoms with E-state index in [2.05, 4.69) is 4.90 Å². The van der Waals surface area contributed by atoms with Gasteiger partial charge in [-0.15, -0.1) is 11.6 Å². The maximum Gasteiger partial charge on any atom is 0.0762 e. The Hall–Kier alpha value is -0.440. The van der Waals surface area contributed by atoms with Gasteiger partial charge in [0.25, 0.3) is 0 Å². The summed E-state index contributed by atoms with van der Waals surface area (Å²) in [6.45, 7) is 1.95. The molecular formula is C12H15Cl2NO. The van der Waals surface area contributed by atoms with E-state index in [9.17, 15) is 0 Å². The van der Waals surface area contributed by atoms with Crippen molar-refractivity contribution in [1.82, 2.24) is 0 Å². The Morgan fingerprint density at radius 3 is 2.94 bits per heavy atom. The predicted molar refractivity (Wildman–Crippen MR) is 68.6 cm³/mol. The molecule has 1 fully saturated rings. The van der Waals surface area contributed by atoms with E-state index in [1.165, 1.54) is 5.69 Å². The summed E-state index contributed by atoms with van der Waals surface area (Å²) in [5.41, 5.74) is 2.27. The second-order valence-corrected chi connectivity index (χ2v) is 4.70. The number of anilines is 1. The summed E-state index contributed by atoms with van der Waals surface area (Å²) in [5, 5.41) is 0.738. The number of methoxy groups -OCH3 is 1. The Morgan fingerprint density at radius 2 is 2.31 bits per heavy atom. The highest BCUT2D eigenvalue weighted by Gasteiger charge is 2.23. The van der Waals surface area contributed by atoms with Crippen LogP contribution in [0.4, 0.5) is 5.69 Å². The van der Waals surface area contributed by atoms with Gasteiger partial charge in [-0.25, -0.2) is 0 Å². The number of hydrogen-bond acceptors (Lipinski definition) is 2. The molecular weight excluding hydrogens is 245 g/mol. The SMILES string of the molecule is COC1CCN(c2ccc(Cl)cc2CCl)C1. The number of rotatable bonds is 3. The second-order valence-electron chi connectivity index (χ2n) is 4.00. The van der Waals surface area contributed by atoms with Crippen molar-refractivity contribution in [3.05, 3.63) is 28.8 Å². The summed E-state index contributed by atoms with van der Waals surface area (Å²) in [4.78, 5) is 2.31. The summed E-state index contributed by atoms with van der Waals surface area (Å²) in [6, 6.07) is 5.88. The molecule has 16 heavy (non-hydrogen) atoms. The van der Waals surface area contributed by atoms with Crippen LogP contribution in [0, 0.1) is 0 Å². The van der Waals surface area contributed by atoms with Crippen molar-refractivity contribution in [2.45, 2.75) is 18.4 Å². The second kappa shape index (κ2) is 5.26. The zero-order valence-electron chi connectivity index (χ0n) is 9.25. The van der Waals surface area contributed by atoms with E-state index in [1.807, 2.05) is 18.2 Å². The first-order valence-corrected chi connectivity index (χ1v) is 6.28. The first-order chi connectivity index (χ1) is 7.74. The maximum atomic E-state index is 5.96. The van der Waals surface area contributed by atoms with Crippen LogP contribution < -0.4 is 4.90 Å². The third kappa shape index (κ3) is 2.45. The van der Waals surface area contributed by atoms with E-state index >= 15 is 0 Å². The topological polar surface area (TPSA) is 12.5 Å². The fourth-order valence-electron chi connectivity index (χ4n) is 2.11. The van der Waals surface area contributed by atoms with Gasteiger partial charge in [0, 0.05) is 36.8 Å². The molecule has 1 aromatic carbocycles. The van der Waals surface area contributed by atoms with Crippen LogP contribution in [-0.2, 0) is 10.6 Å². The molecule has 1 aromatic rings. The Bertz CT molecular complexity index is 370. The van der Waals surface area contributed by atoms with Crippen LogP contribution in [0.2, 0.25) is 5.02 Å². The fourth-order valence-corrected chi connectivity index (χ4v) is 2.52. The molecule has 88 valence electrons. The molecule has 1 heterocycles. The van der Waals surface area contributed by atoms with E-state index in [-0.39, 0.29) is 0 Å². The number of hydrogen-bond donors (Lipinski definition) is 0. The average molecular weight is 260 g/mol. The van der Waals surface area contributed by atoms with Crippen LogP contribution in [0.1, 0.15) is 12.0 Å². The Morgan fingerprint density at radius 1 is 1.50 bits per heavy atom. The van der Waals surface area contributed by atoms with Gasteiger partial charge in [0.15, 0.2) is 0 Å². The summed E-state index contributed by atoms with van der Waals surface area (Å²) in [7, 11) is 1.76. The molecule has 0 N–H and O–H groups in total. The van der Waals surface area contributed by atoms with Crippen molar-refractivity contribution >= 4 is 28.9 Å². The number of alkyl halides is 1. The Balaban J connectivity index is 2.20. The first kappa shape index (κ1) is 12.0. The quantitative estimate of drug-likeness (QED) is 0.773. The molecule has 4 heteroatoms. The molecule has 2 nitrogen and oxygen atoms in total. The molecule has 0 amide bonds. The molecule has 2 rings (SSSR count). The highest BCUT2D eigenvalue weighted by Crippen LogP contribution is 2.29. The van der Waals surface area contributed by atoms with Crippen LogP contribution in [0.5, 0.6) is 0 Å². The molecule has 0 spiro atoms. The van der Waals surface area contributed by atoms with Crippen LogP contribution in [0.25, 0.3) is 0 Å². The molecule has 0 saturated carbocycles. The molecule has 1 unspecified atom stereocenters. The minimum absolute atomic E-state index is 0.332. The normalized spacial score (nSPS) is 20.4. The van der Waals surface area contributed by atoms with Crippen LogP contribution in [0.3, 0.4) is 0 Å². The van der Waals surface area contributed by atoms with Gasteiger partial charge in [-0.2, -0.15) is 0 Å². The number of nitrogens with zero attached hydrogens (tertiary/aromatic N) is 1. The standard InChI is InChI=1S/C12H15Cl2NO/c1-16-11-4-5-15(8-11)12-3-2-10(14)6-9(12)7-13/h2-3,6,11H,4-5,7-8H2,1H3. The van der Waals surface area contributed by atoms with Gasteiger partial charge in [-0.1, -0.05) is 11.6 Å². The van der Waals surface area contributed by atoms with Crippen LogP contribution in [-0.4, -0.2) is 26.3 Å². The Kier molecular flexibility index (Phi) is 3.95. The third-order valence-corrected chi connectivity index (χ3v) is 3.53. The zero-order chi connectivity index (χ0) is 11.5. The van der Waals surface area contributed by atoms with E-state index in [4.69, 9.17) is 27.9 Å². The molecule has 1 atom stereocenters. The highest BCUT2D eigenvalue weighted by molar-refractivity contribution is 6.30. The van der Waals surface area contributed by atoms with Crippen molar-refractivity contribution in [2.24, 2.45) is 0 Å². The lowest BCUT2D eigenvalue weighted by molar-refractivity contribution is 0.121. The average Bonchev–Trinajstić information content (AvgIpc) is 2.77. The Labute approximate surface area is 106 Å². The molecule has 1 saturated heterocycles. The number of ether oxygens (including phenoxy) is 1. The van der Waals surface area contributed by atoms with E-state index in [0.717, 1.165) is 30.1 Å². The lowest BCUT2D eigenvalue weighted by Gasteiger charge is -2.21. The molecule has 0 aromatic heterocycles. The maximum absolute atomic E-state index is 5.96. The summed E-state index contributed by atoms with van der Waals surface area (Å²) in [5.74, 6) is 0.490. The number of halogens is 2.